The fourth-order valence-electron chi connectivity index (χ4n) is 3.37. The van der Waals surface area contributed by atoms with Gasteiger partial charge >= 0.3 is 10.2 Å². The van der Waals surface area contributed by atoms with E-state index in [-0.39, 0.29) is 16.5 Å². The lowest BCUT2D eigenvalue weighted by Crippen LogP contribution is -2.30. The zero-order chi connectivity index (χ0) is 20.8. The highest BCUT2D eigenvalue weighted by Gasteiger charge is 2.38. The SMILES string of the molecule is CC(C)CCCc1cc2c(F)c(N3CC(=O)NS3(=O)=O)c(O)cc2n(C)c1=O. The largest absolute Gasteiger partial charge is 0.506 e. The lowest BCUT2D eigenvalue weighted by Gasteiger charge is -2.19. The maximum absolute atomic E-state index is 15.3. The molecule has 2 aromatic rings. The molecule has 1 aliphatic heterocycles. The number of phenols is 1. The Balaban J connectivity index is 2.17. The molecule has 0 bridgehead atoms. The Morgan fingerprint density at radius 1 is 1.29 bits per heavy atom. The summed E-state index contributed by atoms with van der Waals surface area (Å²) in [6.45, 7) is 3.50. The summed E-state index contributed by atoms with van der Waals surface area (Å²) in [7, 11) is -2.82. The highest BCUT2D eigenvalue weighted by molar-refractivity contribution is 7.92. The molecule has 8 nitrogen and oxygen atoms in total. The number of nitrogens with zero attached hydrogens (tertiary/aromatic N) is 2. The van der Waals surface area contributed by atoms with E-state index in [1.165, 1.54) is 17.7 Å². The standard InChI is InChI=1S/C18H22FN3O5S/c1-10(2)5-4-6-11-7-12-13(21(3)18(11)25)8-14(23)17(16(12)19)22-9-15(24)20-28(22,26)27/h7-8,10,23H,4-6,9H2,1-3H3,(H,20,24). The van der Waals surface area contributed by atoms with E-state index in [1.54, 1.807) is 4.72 Å². The van der Waals surface area contributed by atoms with Crippen molar-refractivity contribution in [1.29, 1.82) is 0 Å². The quantitative estimate of drug-likeness (QED) is 0.776. The van der Waals surface area contributed by atoms with Crippen molar-refractivity contribution in [3.63, 3.8) is 0 Å². The molecular weight excluding hydrogens is 389 g/mol. The zero-order valence-corrected chi connectivity index (χ0v) is 16.6. The van der Waals surface area contributed by atoms with Crippen molar-refractivity contribution in [3.8, 4) is 5.75 Å². The van der Waals surface area contributed by atoms with Crippen molar-refractivity contribution in [2.24, 2.45) is 13.0 Å². The second-order valence-electron chi connectivity index (χ2n) is 7.35. The molecule has 2 N–H and O–H groups in total. The number of carbonyl (C=O) groups excluding carboxylic acids is 1. The van der Waals surface area contributed by atoms with Gasteiger partial charge in [-0.1, -0.05) is 20.3 Å². The number of aromatic hydroxyl groups is 1. The van der Waals surface area contributed by atoms with Gasteiger partial charge in [0.05, 0.1) is 5.52 Å². The van der Waals surface area contributed by atoms with Crippen LogP contribution >= 0.6 is 0 Å². The lowest BCUT2D eigenvalue weighted by molar-refractivity contribution is -0.117. The summed E-state index contributed by atoms with van der Waals surface area (Å²) in [5, 5.41) is 10.3. The number of nitrogens with one attached hydrogen (secondary N) is 1. The molecule has 1 aromatic carbocycles. The lowest BCUT2D eigenvalue weighted by atomic mass is 10.0. The molecule has 1 amide bonds. The Kier molecular flexibility index (Phi) is 5.09. The average Bonchev–Trinajstić information content (AvgIpc) is 2.85. The molecular formula is C18H22FN3O5S. The first-order chi connectivity index (χ1) is 13.0. The molecule has 0 saturated carbocycles. The van der Waals surface area contributed by atoms with E-state index in [0.29, 0.717) is 22.2 Å². The van der Waals surface area contributed by atoms with Gasteiger partial charge in [0.25, 0.3) is 11.5 Å². The number of aryl methyl sites for hydroxylation is 2. The fraction of sp³-hybridized carbons (Fsp3) is 0.444. The second kappa shape index (κ2) is 7.08. The molecule has 10 heteroatoms. The molecule has 0 radical (unpaired) electrons. The van der Waals surface area contributed by atoms with Crippen LogP contribution in [0.4, 0.5) is 10.1 Å². The van der Waals surface area contributed by atoms with Crippen molar-refractivity contribution >= 4 is 32.7 Å². The summed E-state index contributed by atoms with van der Waals surface area (Å²) in [4.78, 5) is 24.0. The van der Waals surface area contributed by atoms with E-state index < -0.39 is 39.9 Å². The number of benzene rings is 1. The smallest absolute Gasteiger partial charge is 0.326 e. The molecule has 3 rings (SSSR count). The van der Waals surface area contributed by atoms with Gasteiger partial charge in [0.2, 0.25) is 0 Å². The number of hydrogen-bond acceptors (Lipinski definition) is 5. The summed E-state index contributed by atoms with van der Waals surface area (Å²) in [5.41, 5.74) is -0.372. The monoisotopic (exact) mass is 411 g/mol. The van der Waals surface area contributed by atoms with Gasteiger partial charge in [-0.05, 0) is 24.8 Å². The van der Waals surface area contributed by atoms with Gasteiger partial charge in [0.15, 0.2) is 5.82 Å². The molecule has 0 atom stereocenters. The Bertz CT molecular complexity index is 1120. The van der Waals surface area contributed by atoms with Gasteiger partial charge in [-0.15, -0.1) is 0 Å². The molecule has 0 aliphatic carbocycles. The number of halogens is 1. The minimum Gasteiger partial charge on any atom is -0.506 e. The molecule has 1 saturated heterocycles. The number of fused-ring (bicyclic) bond motifs is 1. The van der Waals surface area contributed by atoms with Crippen LogP contribution in [0.5, 0.6) is 5.75 Å². The third kappa shape index (κ3) is 3.44. The Morgan fingerprint density at radius 2 is 1.96 bits per heavy atom. The van der Waals surface area contributed by atoms with E-state index in [0.717, 1.165) is 18.9 Å². The number of amides is 1. The maximum atomic E-state index is 15.3. The molecule has 1 aliphatic rings. The summed E-state index contributed by atoms with van der Waals surface area (Å²) >= 11 is 0. The van der Waals surface area contributed by atoms with E-state index in [1.807, 2.05) is 0 Å². The van der Waals surface area contributed by atoms with E-state index in [4.69, 9.17) is 0 Å². The molecule has 0 unspecified atom stereocenters. The van der Waals surface area contributed by atoms with Crippen molar-refractivity contribution in [3.05, 3.63) is 33.9 Å². The zero-order valence-electron chi connectivity index (χ0n) is 15.8. The van der Waals surface area contributed by atoms with Gasteiger partial charge in [-0.2, -0.15) is 8.42 Å². The minimum absolute atomic E-state index is 0.00370. The second-order valence-corrected chi connectivity index (χ2v) is 8.94. The van der Waals surface area contributed by atoms with Crippen LogP contribution in [0, 0.1) is 11.7 Å². The van der Waals surface area contributed by atoms with Crippen LogP contribution in [-0.4, -0.2) is 30.5 Å². The molecule has 1 aromatic heterocycles. The van der Waals surface area contributed by atoms with Crippen LogP contribution in [-0.2, 0) is 28.5 Å². The fourth-order valence-corrected chi connectivity index (χ4v) is 4.53. The Labute approximate surface area is 161 Å². The van der Waals surface area contributed by atoms with Gasteiger partial charge in [0, 0.05) is 24.1 Å². The topological polar surface area (TPSA) is 109 Å². The van der Waals surface area contributed by atoms with Gasteiger partial charge in [-0.3, -0.25) is 9.59 Å². The first-order valence-electron chi connectivity index (χ1n) is 8.90. The van der Waals surface area contributed by atoms with Crippen LogP contribution in [0.3, 0.4) is 0 Å². The van der Waals surface area contributed by atoms with E-state index in [2.05, 4.69) is 13.8 Å². The third-order valence-electron chi connectivity index (χ3n) is 4.79. The summed E-state index contributed by atoms with van der Waals surface area (Å²) in [6, 6.07) is 2.53. The van der Waals surface area contributed by atoms with E-state index >= 15 is 4.39 Å². The first kappa shape index (κ1) is 20.1. The van der Waals surface area contributed by atoms with Crippen LogP contribution in [0.2, 0.25) is 0 Å². The number of anilines is 1. The van der Waals surface area contributed by atoms with Gasteiger partial charge in [-0.25, -0.2) is 13.4 Å². The molecule has 1 fully saturated rings. The predicted molar refractivity (Wildman–Crippen MR) is 103 cm³/mol. The van der Waals surface area contributed by atoms with Gasteiger partial charge < -0.3 is 9.67 Å². The van der Waals surface area contributed by atoms with Crippen molar-refractivity contribution < 1.29 is 22.7 Å². The number of aromatic nitrogens is 1. The number of pyridine rings is 1. The average molecular weight is 411 g/mol. The number of carbonyl (C=O) groups is 1. The number of hydrogen-bond donors (Lipinski definition) is 2. The summed E-state index contributed by atoms with van der Waals surface area (Å²) in [5.74, 6) is -2.04. The molecule has 28 heavy (non-hydrogen) atoms. The van der Waals surface area contributed by atoms with Gasteiger partial charge in [0.1, 0.15) is 18.0 Å². The van der Waals surface area contributed by atoms with Crippen molar-refractivity contribution in [1.82, 2.24) is 9.29 Å². The minimum atomic E-state index is -4.29. The maximum Gasteiger partial charge on any atom is 0.326 e. The van der Waals surface area contributed by atoms with Crippen LogP contribution in [0.15, 0.2) is 16.9 Å². The first-order valence-corrected chi connectivity index (χ1v) is 10.3. The van der Waals surface area contributed by atoms with Crippen molar-refractivity contribution in [2.45, 2.75) is 33.1 Å². The van der Waals surface area contributed by atoms with Crippen LogP contribution in [0.25, 0.3) is 10.9 Å². The predicted octanol–water partition coefficient (Wildman–Crippen LogP) is 1.54. The van der Waals surface area contributed by atoms with Crippen LogP contribution < -0.4 is 14.6 Å². The highest BCUT2D eigenvalue weighted by atomic mass is 32.2. The van der Waals surface area contributed by atoms with E-state index in [9.17, 15) is 23.1 Å². The Morgan fingerprint density at radius 3 is 2.54 bits per heavy atom. The Hall–Kier alpha value is -2.62. The summed E-state index contributed by atoms with van der Waals surface area (Å²) in [6.07, 6.45) is 2.12. The molecule has 0 spiro atoms. The van der Waals surface area contributed by atoms with Crippen molar-refractivity contribution in [2.75, 3.05) is 10.8 Å². The number of phenolic OH excluding ortho intramolecular Hbond substituents is 1. The normalized spacial score (nSPS) is 16.2. The van der Waals surface area contributed by atoms with Crippen LogP contribution in [0.1, 0.15) is 32.3 Å². The molecule has 2 heterocycles. The molecule has 152 valence electrons. The highest BCUT2D eigenvalue weighted by Crippen LogP contribution is 2.38. The summed E-state index contributed by atoms with van der Waals surface area (Å²) < 4.78 is 42.9. The number of rotatable bonds is 5. The third-order valence-corrected chi connectivity index (χ3v) is 6.17.